The Morgan fingerprint density at radius 1 is 0.742 bits per heavy atom. The lowest BCUT2D eigenvalue weighted by molar-refractivity contribution is -0.127. The zero-order valence-electron chi connectivity index (χ0n) is 18.0. The highest BCUT2D eigenvalue weighted by molar-refractivity contribution is 6.14. The van der Waals surface area contributed by atoms with Crippen molar-refractivity contribution in [2.45, 2.75) is 39.0 Å². The van der Waals surface area contributed by atoms with Gasteiger partial charge in [0.05, 0.1) is 5.69 Å². The Balaban J connectivity index is 0.000000179. The average molecular weight is 415 g/mol. The van der Waals surface area contributed by atoms with Gasteiger partial charge < -0.3 is 0 Å². The Bertz CT molecular complexity index is 903. The third-order valence-corrected chi connectivity index (χ3v) is 5.31. The molecular weight excluding hydrogens is 384 g/mol. The first-order valence-corrected chi connectivity index (χ1v) is 11.0. The van der Waals surface area contributed by atoms with Crippen LogP contribution in [0.5, 0.6) is 0 Å². The van der Waals surface area contributed by atoms with Crippen molar-refractivity contribution in [3.05, 3.63) is 102 Å². The second-order valence-corrected chi connectivity index (χ2v) is 7.65. The van der Waals surface area contributed by atoms with Crippen LogP contribution in [-0.2, 0) is 22.4 Å². The number of carbonyl (C=O) groups excluding carboxylic acids is 2. The minimum absolute atomic E-state index is 0.144. The van der Waals surface area contributed by atoms with Crippen molar-refractivity contribution in [1.29, 1.82) is 0 Å². The highest BCUT2D eigenvalue weighted by atomic mass is 16.2. The molecule has 1 heterocycles. The molecule has 0 aromatic heterocycles. The van der Waals surface area contributed by atoms with Crippen molar-refractivity contribution in [1.82, 2.24) is 5.43 Å². The van der Waals surface area contributed by atoms with E-state index >= 15 is 0 Å². The molecule has 1 aliphatic heterocycles. The van der Waals surface area contributed by atoms with E-state index in [4.69, 9.17) is 0 Å². The van der Waals surface area contributed by atoms with E-state index in [0.717, 1.165) is 25.7 Å². The zero-order valence-corrected chi connectivity index (χ0v) is 18.0. The van der Waals surface area contributed by atoms with Crippen molar-refractivity contribution in [2.24, 2.45) is 5.92 Å². The molecule has 4 rings (SSSR count). The fourth-order valence-electron chi connectivity index (χ4n) is 3.52. The van der Waals surface area contributed by atoms with E-state index < -0.39 is 5.92 Å². The van der Waals surface area contributed by atoms with E-state index in [2.05, 4.69) is 66.1 Å². The molecule has 3 aromatic carbocycles. The highest BCUT2D eigenvalue weighted by Gasteiger charge is 2.39. The third-order valence-electron chi connectivity index (χ3n) is 5.31. The third kappa shape index (κ3) is 6.54. The van der Waals surface area contributed by atoms with Crippen LogP contribution >= 0.6 is 0 Å². The molecule has 0 radical (unpaired) electrons. The first-order chi connectivity index (χ1) is 15.2. The van der Waals surface area contributed by atoms with Gasteiger partial charge in [-0.3, -0.25) is 15.0 Å². The molecule has 2 amide bonds. The standard InChI is InChI=1S/C14H14.C13H16N2O2/c1-3-7-13(8-4-1)11-12-14-9-5-2-6-10-14;1-2-3-9-11-12(16)14-15(13(11)17)10-7-5-4-6-8-10/h1-10H,11-12H2;4-8,11H,2-3,9H2,1H3,(H,14,16). The first kappa shape index (κ1) is 22.3. The van der Waals surface area contributed by atoms with Gasteiger partial charge in [0, 0.05) is 0 Å². The van der Waals surface area contributed by atoms with Gasteiger partial charge in [0.25, 0.3) is 11.8 Å². The summed E-state index contributed by atoms with van der Waals surface area (Å²) in [6, 6.07) is 30.4. The molecule has 4 heteroatoms. The van der Waals surface area contributed by atoms with Crippen molar-refractivity contribution in [2.75, 3.05) is 5.01 Å². The Hall–Kier alpha value is -3.40. The molecule has 4 nitrogen and oxygen atoms in total. The number of amides is 2. The summed E-state index contributed by atoms with van der Waals surface area (Å²) in [6.07, 6.45) is 4.77. The summed E-state index contributed by atoms with van der Waals surface area (Å²) in [4.78, 5) is 23.8. The normalized spacial score (nSPS) is 15.3. The van der Waals surface area contributed by atoms with Crippen LogP contribution in [0, 0.1) is 5.92 Å². The molecule has 31 heavy (non-hydrogen) atoms. The van der Waals surface area contributed by atoms with Gasteiger partial charge >= 0.3 is 0 Å². The fourth-order valence-corrected chi connectivity index (χ4v) is 3.52. The predicted octanol–water partition coefficient (Wildman–Crippen LogP) is 5.34. The van der Waals surface area contributed by atoms with Crippen molar-refractivity contribution in [3.8, 4) is 0 Å². The lowest BCUT2D eigenvalue weighted by Crippen LogP contribution is -2.35. The molecule has 3 aromatic rings. The molecule has 160 valence electrons. The molecule has 0 aliphatic carbocycles. The van der Waals surface area contributed by atoms with Gasteiger partial charge in [-0.05, 0) is 42.5 Å². The molecule has 0 saturated carbocycles. The van der Waals surface area contributed by atoms with Crippen LogP contribution in [0.1, 0.15) is 37.3 Å². The lowest BCUT2D eigenvalue weighted by Gasteiger charge is -2.14. The van der Waals surface area contributed by atoms with Crippen LogP contribution < -0.4 is 10.4 Å². The number of hydrogen-bond donors (Lipinski definition) is 1. The first-order valence-electron chi connectivity index (χ1n) is 11.0. The van der Waals surface area contributed by atoms with Crippen molar-refractivity contribution < 1.29 is 9.59 Å². The summed E-state index contributed by atoms with van der Waals surface area (Å²) in [5.41, 5.74) is 6.16. The number of nitrogens with zero attached hydrogens (tertiary/aromatic N) is 1. The second-order valence-electron chi connectivity index (χ2n) is 7.65. The van der Waals surface area contributed by atoms with Gasteiger partial charge in [0.15, 0.2) is 0 Å². The quantitative estimate of drug-likeness (QED) is 0.530. The largest absolute Gasteiger partial charge is 0.272 e. The molecule has 0 bridgehead atoms. The average Bonchev–Trinajstić information content (AvgIpc) is 3.12. The molecule has 0 spiro atoms. The monoisotopic (exact) mass is 414 g/mol. The SMILES string of the molecule is CCCCC1C(=O)NN(c2ccccc2)C1=O.c1ccc(CCc2ccccc2)cc1. The van der Waals surface area contributed by atoms with E-state index in [1.165, 1.54) is 16.1 Å². The Labute approximate surface area is 184 Å². The summed E-state index contributed by atoms with van der Waals surface area (Å²) < 4.78 is 0. The molecule has 1 atom stereocenters. The van der Waals surface area contributed by atoms with Gasteiger partial charge in [0.1, 0.15) is 5.92 Å². The van der Waals surface area contributed by atoms with Gasteiger partial charge in [-0.1, -0.05) is 98.6 Å². The molecular formula is C27H30N2O2. The van der Waals surface area contributed by atoms with Gasteiger partial charge in [0.2, 0.25) is 0 Å². The summed E-state index contributed by atoms with van der Waals surface area (Å²) in [5.74, 6) is -0.850. The van der Waals surface area contributed by atoms with E-state index in [1.54, 1.807) is 12.1 Å². The number of carbonyl (C=O) groups is 2. The minimum Gasteiger partial charge on any atom is -0.272 e. The summed E-state index contributed by atoms with van der Waals surface area (Å²) in [5, 5.41) is 1.35. The summed E-state index contributed by atoms with van der Waals surface area (Å²) in [6.45, 7) is 2.05. The lowest BCUT2D eigenvalue weighted by atomic mass is 10.0. The number of para-hydroxylation sites is 1. The molecule has 1 saturated heterocycles. The van der Waals surface area contributed by atoms with Crippen LogP contribution in [0.4, 0.5) is 5.69 Å². The van der Waals surface area contributed by atoms with Crippen LogP contribution in [-0.4, -0.2) is 11.8 Å². The topological polar surface area (TPSA) is 49.4 Å². The Kier molecular flexibility index (Phi) is 8.41. The number of nitrogens with one attached hydrogen (secondary N) is 1. The molecule has 1 unspecified atom stereocenters. The van der Waals surface area contributed by atoms with Crippen LogP contribution in [0.15, 0.2) is 91.0 Å². The molecule has 1 aliphatic rings. The van der Waals surface area contributed by atoms with Crippen LogP contribution in [0.25, 0.3) is 0 Å². The van der Waals surface area contributed by atoms with Gasteiger partial charge in [-0.2, -0.15) is 0 Å². The van der Waals surface area contributed by atoms with Crippen LogP contribution in [0.2, 0.25) is 0 Å². The maximum absolute atomic E-state index is 12.1. The van der Waals surface area contributed by atoms with Gasteiger partial charge in [-0.15, -0.1) is 0 Å². The maximum atomic E-state index is 12.1. The Morgan fingerprint density at radius 2 is 1.23 bits per heavy atom. The number of hydrazine groups is 1. The predicted molar refractivity (Wildman–Crippen MR) is 125 cm³/mol. The maximum Gasteiger partial charge on any atom is 0.258 e. The number of unbranched alkanes of at least 4 members (excludes halogenated alkanes) is 1. The summed E-state index contributed by atoms with van der Waals surface area (Å²) >= 11 is 0. The number of anilines is 1. The van der Waals surface area contributed by atoms with E-state index in [9.17, 15) is 9.59 Å². The smallest absolute Gasteiger partial charge is 0.258 e. The second kappa shape index (κ2) is 11.7. The van der Waals surface area contributed by atoms with E-state index in [1.807, 2.05) is 25.1 Å². The van der Waals surface area contributed by atoms with Crippen LogP contribution in [0.3, 0.4) is 0 Å². The van der Waals surface area contributed by atoms with Crippen molar-refractivity contribution in [3.63, 3.8) is 0 Å². The number of aryl methyl sites for hydroxylation is 2. The zero-order chi connectivity index (χ0) is 21.9. The number of rotatable bonds is 7. The number of benzene rings is 3. The van der Waals surface area contributed by atoms with E-state index in [-0.39, 0.29) is 11.8 Å². The molecule has 1 N–H and O–H groups in total. The minimum atomic E-state index is -0.518. The van der Waals surface area contributed by atoms with E-state index in [0.29, 0.717) is 12.1 Å². The highest BCUT2D eigenvalue weighted by Crippen LogP contribution is 2.22. The fraction of sp³-hybridized carbons (Fsp3) is 0.259. The van der Waals surface area contributed by atoms with Crippen molar-refractivity contribution >= 4 is 17.5 Å². The summed E-state index contributed by atoms with van der Waals surface area (Å²) in [7, 11) is 0. The Morgan fingerprint density at radius 3 is 1.71 bits per heavy atom. The van der Waals surface area contributed by atoms with Gasteiger partial charge in [-0.25, -0.2) is 5.01 Å². The number of hydrogen-bond acceptors (Lipinski definition) is 2. The molecule has 1 fully saturated rings.